The molecule has 0 aromatic heterocycles. The largest absolute Gasteiger partial charge is 0.465 e. The van der Waals surface area contributed by atoms with Crippen LogP contribution >= 0.6 is 0 Å². The minimum atomic E-state index is -0.466. The molecule has 1 amide bonds. The lowest BCUT2D eigenvalue weighted by Gasteiger charge is -2.15. The molecule has 0 aliphatic rings. The van der Waals surface area contributed by atoms with Gasteiger partial charge in [-0.25, -0.2) is 0 Å². The maximum Gasteiger partial charge on any atom is 0.325 e. The van der Waals surface area contributed by atoms with Crippen molar-refractivity contribution in [2.75, 3.05) is 39.4 Å². The van der Waals surface area contributed by atoms with Gasteiger partial charge in [0.2, 0.25) is 6.41 Å². The first-order valence-electron chi connectivity index (χ1n) is 17.8. The fraction of sp³-hybridized carbons (Fsp3) is 0.386. The van der Waals surface area contributed by atoms with Gasteiger partial charge in [0.15, 0.2) is 0 Å². The summed E-state index contributed by atoms with van der Waals surface area (Å²) in [6, 6.07) is 24.3. The van der Waals surface area contributed by atoms with E-state index in [0.29, 0.717) is 32.7 Å². The summed E-state index contributed by atoms with van der Waals surface area (Å²) in [5, 5.41) is 0. The van der Waals surface area contributed by atoms with Gasteiger partial charge in [-0.3, -0.25) is 14.4 Å². The van der Waals surface area contributed by atoms with E-state index in [2.05, 4.69) is 92.6 Å². The molecule has 4 N–H and O–H groups in total. The fourth-order valence-corrected chi connectivity index (χ4v) is 4.44. The van der Waals surface area contributed by atoms with Gasteiger partial charge < -0.3 is 30.7 Å². The van der Waals surface area contributed by atoms with Crippen LogP contribution in [-0.4, -0.2) is 67.5 Å². The zero-order valence-electron chi connectivity index (χ0n) is 31.4. The van der Waals surface area contributed by atoms with Crippen LogP contribution in [0, 0.1) is 23.7 Å². The van der Waals surface area contributed by atoms with Gasteiger partial charge in [-0.2, -0.15) is 0 Å². The quantitative estimate of drug-likeness (QED) is 0.101. The molecule has 0 aliphatic carbocycles. The summed E-state index contributed by atoms with van der Waals surface area (Å²) in [6.45, 7) is 13.9. The Hall–Kier alpha value is -5.35. The third-order valence-corrected chi connectivity index (χ3v) is 7.19. The number of rotatable bonds is 16. The van der Waals surface area contributed by atoms with Crippen molar-refractivity contribution in [1.82, 2.24) is 9.80 Å². The van der Waals surface area contributed by atoms with Crippen LogP contribution in [0.5, 0.6) is 0 Å². The van der Waals surface area contributed by atoms with E-state index in [0.717, 1.165) is 11.1 Å². The molecule has 9 nitrogen and oxygen atoms in total. The average Bonchev–Trinajstić information content (AvgIpc) is 3.16. The number of hydrogen-bond donors (Lipinski definition) is 2. The van der Waals surface area contributed by atoms with Crippen LogP contribution in [0.2, 0.25) is 0 Å². The Kier molecular flexibility index (Phi) is 27.2. The Morgan fingerprint density at radius 3 is 1.32 bits per heavy atom. The van der Waals surface area contributed by atoms with Crippen molar-refractivity contribution in [2.45, 2.75) is 73.9 Å². The summed E-state index contributed by atoms with van der Waals surface area (Å²) in [4.78, 5) is 36.8. The Morgan fingerprint density at radius 1 is 0.642 bits per heavy atom. The molecule has 0 unspecified atom stereocenters. The fourth-order valence-electron chi connectivity index (χ4n) is 4.44. The highest BCUT2D eigenvalue weighted by Crippen LogP contribution is 2.07. The molecule has 0 fully saturated rings. The van der Waals surface area contributed by atoms with Crippen LogP contribution in [0.3, 0.4) is 0 Å². The molecule has 3 aromatic rings. The molecule has 286 valence electrons. The van der Waals surface area contributed by atoms with Crippen LogP contribution in [-0.2, 0) is 49.8 Å². The summed E-state index contributed by atoms with van der Waals surface area (Å²) in [5.41, 5.74) is 17.8. The van der Waals surface area contributed by atoms with Crippen LogP contribution < -0.4 is 11.5 Å². The highest BCUT2D eigenvalue weighted by atomic mass is 16.5. The topological polar surface area (TPSA) is 128 Å². The number of ether oxygens (including phenoxy) is 2. The molecule has 9 heteroatoms. The van der Waals surface area contributed by atoms with Crippen LogP contribution in [0.4, 0.5) is 0 Å². The molecule has 0 aliphatic heterocycles. The van der Waals surface area contributed by atoms with Crippen molar-refractivity contribution in [3.8, 4) is 23.7 Å². The maximum absolute atomic E-state index is 11.5. The monoisotopic (exact) mass is 724 g/mol. The predicted molar refractivity (Wildman–Crippen MR) is 216 cm³/mol. The minimum Gasteiger partial charge on any atom is -0.465 e. The molecule has 0 radical (unpaired) electrons. The number of esters is 2. The molecule has 0 saturated heterocycles. The molecular formula is C44H60N4O5. The number of benzene rings is 3. The average molecular weight is 725 g/mol. The zero-order valence-corrected chi connectivity index (χ0v) is 31.4. The Bertz CT molecular complexity index is 1460. The number of carbonyl (C=O) groups is 3. The highest BCUT2D eigenvalue weighted by Gasteiger charge is 2.08. The van der Waals surface area contributed by atoms with Gasteiger partial charge in [0.05, 0.1) is 26.3 Å². The molecule has 3 aromatic carbocycles. The third-order valence-electron chi connectivity index (χ3n) is 7.19. The lowest BCUT2D eigenvalue weighted by Crippen LogP contribution is -2.30. The lowest BCUT2D eigenvalue weighted by atomic mass is 10.1. The van der Waals surface area contributed by atoms with E-state index in [-0.39, 0.29) is 39.6 Å². The van der Waals surface area contributed by atoms with Crippen molar-refractivity contribution in [3.63, 3.8) is 0 Å². The van der Waals surface area contributed by atoms with Gasteiger partial charge in [-0.1, -0.05) is 113 Å². The highest BCUT2D eigenvalue weighted by molar-refractivity contribution is 5.74. The van der Waals surface area contributed by atoms with E-state index in [1.54, 1.807) is 24.9 Å². The second-order valence-corrected chi connectivity index (χ2v) is 11.4. The standard InChI is InChI=1S/C23H26N2O5.2C10H15N.CH4/c1-4-24(17-22(27)29-5-2)15-7-9-20-11-13-21(14-12-20)10-8-16-25(19-26)18-23(28)30-6-3;2*1-2-3-9-4-6-10(8-11)7-5-9;/h4,11-14,19H,1,5-6,15-18H2,2-3H3;2*4-7H,2-3,8,11H2,1H3;1H4. The van der Waals surface area contributed by atoms with Gasteiger partial charge in [0.1, 0.15) is 13.1 Å². The number of hydrogen-bond acceptors (Lipinski definition) is 8. The second-order valence-electron chi connectivity index (χ2n) is 11.4. The van der Waals surface area contributed by atoms with Crippen molar-refractivity contribution in [2.24, 2.45) is 11.5 Å². The molecule has 0 spiro atoms. The first-order valence-corrected chi connectivity index (χ1v) is 17.8. The summed E-state index contributed by atoms with van der Waals surface area (Å²) in [6.07, 6.45) is 6.88. The van der Waals surface area contributed by atoms with Gasteiger partial charge in [0.25, 0.3) is 0 Å². The predicted octanol–water partition coefficient (Wildman–Crippen LogP) is 6.25. The number of aryl methyl sites for hydroxylation is 2. The molecular weight excluding hydrogens is 665 g/mol. The van der Waals surface area contributed by atoms with Crippen LogP contribution in [0.15, 0.2) is 85.6 Å². The van der Waals surface area contributed by atoms with E-state index in [1.165, 1.54) is 52.8 Å². The van der Waals surface area contributed by atoms with Crippen LogP contribution in [0.1, 0.15) is 81.3 Å². The molecule has 0 heterocycles. The second kappa shape index (κ2) is 30.3. The molecule has 53 heavy (non-hydrogen) atoms. The van der Waals surface area contributed by atoms with Crippen molar-refractivity contribution >= 4 is 18.3 Å². The van der Waals surface area contributed by atoms with Crippen LogP contribution in [0.25, 0.3) is 0 Å². The first kappa shape index (κ1) is 47.7. The Morgan fingerprint density at radius 2 is 1.00 bits per heavy atom. The number of carbonyl (C=O) groups excluding carboxylic acids is 3. The Labute approximate surface area is 318 Å². The van der Waals surface area contributed by atoms with Gasteiger partial charge >= 0.3 is 11.9 Å². The summed E-state index contributed by atoms with van der Waals surface area (Å²) in [5.74, 6) is 11.0. The SMILES string of the molecule is C.C=CN(CC#Cc1ccc(C#CCN(C=O)CC(=O)OCC)cc1)CC(=O)OCC.CCCc1ccc(CN)cc1.CCCc1ccc(CN)cc1. The zero-order chi connectivity index (χ0) is 38.4. The Balaban J connectivity index is 0.000000951. The maximum atomic E-state index is 11.5. The van der Waals surface area contributed by atoms with E-state index >= 15 is 0 Å². The molecule has 0 saturated carbocycles. The van der Waals surface area contributed by atoms with Crippen molar-refractivity contribution in [1.29, 1.82) is 0 Å². The normalized spacial score (nSPS) is 9.32. The molecule has 0 bridgehead atoms. The number of amides is 1. The first-order chi connectivity index (χ1) is 25.2. The minimum absolute atomic E-state index is 0. The summed E-state index contributed by atoms with van der Waals surface area (Å²) in [7, 11) is 0. The number of nitrogens with zero attached hydrogens (tertiary/aromatic N) is 2. The van der Waals surface area contributed by atoms with Gasteiger partial charge in [0, 0.05) is 24.2 Å². The molecule has 0 atom stereocenters. The van der Waals surface area contributed by atoms with Crippen molar-refractivity contribution < 1.29 is 23.9 Å². The van der Waals surface area contributed by atoms with E-state index in [9.17, 15) is 14.4 Å². The smallest absolute Gasteiger partial charge is 0.325 e. The number of nitrogens with two attached hydrogens (primary N) is 2. The third kappa shape index (κ3) is 22.3. The van der Waals surface area contributed by atoms with Gasteiger partial charge in [-0.15, -0.1) is 0 Å². The van der Waals surface area contributed by atoms with E-state index < -0.39 is 5.97 Å². The summed E-state index contributed by atoms with van der Waals surface area (Å²) >= 11 is 0. The van der Waals surface area contributed by atoms with E-state index in [1.807, 2.05) is 24.3 Å². The van der Waals surface area contributed by atoms with Crippen molar-refractivity contribution in [3.05, 3.63) is 119 Å². The lowest BCUT2D eigenvalue weighted by molar-refractivity contribution is -0.146. The summed E-state index contributed by atoms with van der Waals surface area (Å²) < 4.78 is 9.70. The van der Waals surface area contributed by atoms with E-state index in [4.69, 9.17) is 20.9 Å². The molecule has 3 rings (SSSR count). The van der Waals surface area contributed by atoms with Gasteiger partial charge in [-0.05, 0) is 79.4 Å².